The molecule has 0 saturated heterocycles. The number of hydrogen-bond donors (Lipinski definition) is 2. The minimum Gasteiger partial charge on any atom is -0.469 e. The minimum atomic E-state index is -3.63. The number of rotatable bonds is 5. The predicted octanol–water partition coefficient (Wildman–Crippen LogP) is 2.53. The molecule has 0 amide bonds. The molecule has 1 unspecified atom stereocenters. The third-order valence-corrected chi connectivity index (χ3v) is 5.27. The second kappa shape index (κ2) is 5.99. The van der Waals surface area contributed by atoms with E-state index in [9.17, 15) is 8.42 Å². The van der Waals surface area contributed by atoms with E-state index in [1.807, 2.05) is 0 Å². The van der Waals surface area contributed by atoms with Crippen molar-refractivity contribution in [3.05, 3.63) is 46.8 Å². The number of halogens is 1. The van der Waals surface area contributed by atoms with Gasteiger partial charge >= 0.3 is 0 Å². The van der Waals surface area contributed by atoms with Crippen LogP contribution in [-0.2, 0) is 16.4 Å². The summed E-state index contributed by atoms with van der Waals surface area (Å²) in [7, 11) is -3.63. The molecule has 0 aliphatic heterocycles. The SMILES string of the molecule is CC(Cc1ccco1)NS(=O)(=O)c1cc(N)ccc1Br. The zero-order chi connectivity index (χ0) is 14.8. The molecule has 1 atom stereocenters. The molecule has 5 nitrogen and oxygen atoms in total. The zero-order valence-corrected chi connectivity index (χ0v) is 13.2. The molecule has 3 N–H and O–H groups in total. The maximum atomic E-state index is 12.3. The first-order chi connectivity index (χ1) is 9.38. The van der Waals surface area contributed by atoms with Gasteiger partial charge in [-0.1, -0.05) is 0 Å². The Labute approximate surface area is 126 Å². The molecule has 0 fully saturated rings. The number of anilines is 1. The van der Waals surface area contributed by atoms with Gasteiger partial charge in [-0.3, -0.25) is 0 Å². The summed E-state index contributed by atoms with van der Waals surface area (Å²) in [6.45, 7) is 1.78. The fourth-order valence-corrected chi connectivity index (χ4v) is 4.07. The Morgan fingerprint density at radius 1 is 1.40 bits per heavy atom. The van der Waals surface area contributed by atoms with E-state index in [2.05, 4.69) is 20.7 Å². The molecule has 0 saturated carbocycles. The largest absolute Gasteiger partial charge is 0.469 e. The molecule has 1 aromatic heterocycles. The Hall–Kier alpha value is -1.31. The Morgan fingerprint density at radius 2 is 2.15 bits per heavy atom. The van der Waals surface area contributed by atoms with Gasteiger partial charge in [0.25, 0.3) is 0 Å². The molecule has 0 bridgehead atoms. The van der Waals surface area contributed by atoms with Crippen molar-refractivity contribution in [3.8, 4) is 0 Å². The Kier molecular flexibility index (Phi) is 4.52. The fourth-order valence-electron chi connectivity index (χ4n) is 1.83. The van der Waals surface area contributed by atoms with Crippen molar-refractivity contribution < 1.29 is 12.8 Å². The van der Waals surface area contributed by atoms with E-state index in [-0.39, 0.29) is 10.9 Å². The highest BCUT2D eigenvalue weighted by Crippen LogP contribution is 2.24. The summed E-state index contributed by atoms with van der Waals surface area (Å²) < 4.78 is 32.9. The first-order valence-corrected chi connectivity index (χ1v) is 8.26. The quantitative estimate of drug-likeness (QED) is 0.804. The van der Waals surface area contributed by atoms with Crippen molar-refractivity contribution >= 4 is 31.6 Å². The van der Waals surface area contributed by atoms with E-state index in [0.29, 0.717) is 16.6 Å². The average Bonchev–Trinajstić information content (AvgIpc) is 2.84. The molecule has 0 aliphatic carbocycles. The molecule has 1 aromatic carbocycles. The second-order valence-corrected chi connectivity index (χ2v) is 7.03. The summed E-state index contributed by atoms with van der Waals surface area (Å²) in [6.07, 6.45) is 2.04. The van der Waals surface area contributed by atoms with E-state index >= 15 is 0 Å². The van der Waals surface area contributed by atoms with Gasteiger partial charge < -0.3 is 10.2 Å². The van der Waals surface area contributed by atoms with Gasteiger partial charge in [-0.15, -0.1) is 0 Å². The highest BCUT2D eigenvalue weighted by atomic mass is 79.9. The van der Waals surface area contributed by atoms with Crippen LogP contribution in [0.15, 0.2) is 50.4 Å². The molecule has 1 heterocycles. The second-order valence-electron chi connectivity index (χ2n) is 4.50. The summed E-state index contributed by atoms with van der Waals surface area (Å²) >= 11 is 3.22. The van der Waals surface area contributed by atoms with Crippen LogP contribution in [0, 0.1) is 0 Å². The first kappa shape index (κ1) is 15.1. The number of furan rings is 1. The molecular weight excluding hydrogens is 344 g/mol. The molecular formula is C13H15BrN2O3S. The van der Waals surface area contributed by atoms with Crippen molar-refractivity contribution in [3.63, 3.8) is 0 Å². The van der Waals surface area contributed by atoms with E-state index in [4.69, 9.17) is 10.2 Å². The molecule has 2 rings (SSSR count). The van der Waals surface area contributed by atoms with Crippen LogP contribution < -0.4 is 10.5 Å². The maximum absolute atomic E-state index is 12.3. The van der Waals surface area contributed by atoms with Crippen molar-refractivity contribution in [2.45, 2.75) is 24.3 Å². The van der Waals surface area contributed by atoms with Crippen molar-refractivity contribution in [2.24, 2.45) is 0 Å². The van der Waals surface area contributed by atoms with Crippen LogP contribution in [0.1, 0.15) is 12.7 Å². The molecule has 0 aliphatic rings. The normalized spacial score (nSPS) is 13.3. The van der Waals surface area contributed by atoms with Crippen molar-refractivity contribution in [1.82, 2.24) is 4.72 Å². The van der Waals surface area contributed by atoms with Gasteiger partial charge in [-0.2, -0.15) is 0 Å². The van der Waals surface area contributed by atoms with Crippen LogP contribution in [0.4, 0.5) is 5.69 Å². The van der Waals surface area contributed by atoms with Crippen LogP contribution >= 0.6 is 15.9 Å². The van der Waals surface area contributed by atoms with Crippen LogP contribution in [0.25, 0.3) is 0 Å². The highest BCUT2D eigenvalue weighted by Gasteiger charge is 2.21. The topological polar surface area (TPSA) is 85.3 Å². The molecule has 0 radical (unpaired) electrons. The Bertz CT molecular complexity index is 684. The number of hydrogen-bond acceptors (Lipinski definition) is 4. The Morgan fingerprint density at radius 3 is 2.80 bits per heavy atom. The minimum absolute atomic E-state index is 0.129. The van der Waals surface area contributed by atoms with Crippen LogP contribution in [0.3, 0.4) is 0 Å². The third kappa shape index (κ3) is 3.62. The van der Waals surface area contributed by atoms with E-state index in [1.165, 1.54) is 6.07 Å². The fraction of sp³-hybridized carbons (Fsp3) is 0.231. The summed E-state index contributed by atoms with van der Waals surface area (Å²) in [5.74, 6) is 0.729. The summed E-state index contributed by atoms with van der Waals surface area (Å²) in [5, 5.41) is 0. The smallest absolute Gasteiger partial charge is 0.242 e. The van der Waals surface area contributed by atoms with E-state index in [1.54, 1.807) is 37.5 Å². The lowest BCUT2D eigenvalue weighted by atomic mass is 10.2. The molecule has 0 spiro atoms. The summed E-state index contributed by atoms with van der Waals surface area (Å²) in [4.78, 5) is 0.129. The van der Waals surface area contributed by atoms with Gasteiger partial charge in [-0.05, 0) is 53.2 Å². The lowest BCUT2D eigenvalue weighted by Crippen LogP contribution is -2.34. The molecule has 7 heteroatoms. The van der Waals surface area contributed by atoms with E-state index < -0.39 is 10.0 Å². The number of sulfonamides is 1. The maximum Gasteiger partial charge on any atom is 0.242 e. The van der Waals surface area contributed by atoms with Crippen LogP contribution in [0.2, 0.25) is 0 Å². The summed E-state index contributed by atoms with van der Waals surface area (Å²) in [5.41, 5.74) is 6.03. The lowest BCUT2D eigenvalue weighted by molar-refractivity contribution is 0.479. The highest BCUT2D eigenvalue weighted by molar-refractivity contribution is 9.10. The van der Waals surface area contributed by atoms with Gasteiger partial charge in [0.05, 0.1) is 11.2 Å². The lowest BCUT2D eigenvalue weighted by Gasteiger charge is -2.14. The van der Waals surface area contributed by atoms with Gasteiger partial charge in [-0.25, -0.2) is 13.1 Å². The van der Waals surface area contributed by atoms with Crippen LogP contribution in [0.5, 0.6) is 0 Å². The van der Waals surface area contributed by atoms with Gasteiger partial charge in [0, 0.05) is 22.6 Å². The Balaban J connectivity index is 2.16. The van der Waals surface area contributed by atoms with Gasteiger partial charge in [0.2, 0.25) is 10.0 Å². The third-order valence-electron chi connectivity index (χ3n) is 2.69. The zero-order valence-electron chi connectivity index (χ0n) is 10.8. The predicted molar refractivity (Wildman–Crippen MR) is 80.7 cm³/mol. The number of nitrogens with two attached hydrogens (primary N) is 1. The average molecular weight is 359 g/mol. The van der Waals surface area contributed by atoms with Crippen molar-refractivity contribution in [2.75, 3.05) is 5.73 Å². The molecule has 2 aromatic rings. The van der Waals surface area contributed by atoms with E-state index in [0.717, 1.165) is 5.76 Å². The number of benzene rings is 1. The first-order valence-electron chi connectivity index (χ1n) is 5.98. The number of nitrogen functional groups attached to an aromatic ring is 1. The number of nitrogens with one attached hydrogen (secondary N) is 1. The molecule has 108 valence electrons. The van der Waals surface area contributed by atoms with Crippen molar-refractivity contribution in [1.29, 1.82) is 0 Å². The van der Waals surface area contributed by atoms with Gasteiger partial charge in [0.15, 0.2) is 0 Å². The summed E-state index contributed by atoms with van der Waals surface area (Å²) in [6, 6.07) is 7.95. The van der Waals surface area contributed by atoms with Gasteiger partial charge in [0.1, 0.15) is 5.76 Å². The molecule has 20 heavy (non-hydrogen) atoms. The monoisotopic (exact) mass is 358 g/mol. The van der Waals surface area contributed by atoms with Crippen LogP contribution in [-0.4, -0.2) is 14.5 Å². The standard InChI is InChI=1S/C13H15BrN2O3S/c1-9(7-11-3-2-6-19-11)16-20(17,18)13-8-10(15)4-5-12(13)14/h2-6,8-9,16H,7,15H2,1H3.